The number of benzene rings is 1. The molecule has 4 fully saturated rings. The molecular weight excluding hydrogens is 472 g/mol. The Hall–Kier alpha value is -2.13. The van der Waals surface area contributed by atoms with Gasteiger partial charge in [0.2, 0.25) is 5.72 Å². The molecule has 0 aliphatic carbocycles. The molecule has 0 aromatic heterocycles. The first kappa shape index (κ1) is 25.0. The van der Waals surface area contributed by atoms with Gasteiger partial charge in [-0.3, -0.25) is 13.8 Å². The maximum Gasteiger partial charge on any atom is 0.279 e. The SMILES string of the molecule is CC1(C)OC[C@@](C)([C@H](O)[C@@]23NC(=O)[C@@](O)(NC2=O)[C@H](OS(=O)(=O)Cc2ccccc2)CCO3)O1. The molecule has 0 unspecified atom stereocenters. The third-order valence-corrected chi connectivity index (χ3v) is 7.27. The van der Waals surface area contributed by atoms with Gasteiger partial charge in [0.1, 0.15) is 23.6 Å². The van der Waals surface area contributed by atoms with E-state index in [2.05, 4.69) is 10.6 Å². The second-order valence-corrected chi connectivity index (χ2v) is 10.9. The summed E-state index contributed by atoms with van der Waals surface area (Å²) in [5.74, 6) is -3.86. The standard InChI is InChI=1S/C21H28N2O10S/c1-18(2)31-12-19(3,33-18)15(24)21-17(26)22-20(27,16(25)23-21)14(9-10-30-21)32-34(28,29)11-13-7-5-4-6-8-13/h4-8,14-15,24,27H,9-12H2,1-3H3,(H,22,26)(H,23,25)/t14-,15+,19+,20-,21+/m1/s1. The fraction of sp³-hybridized carbons (Fsp3) is 0.619. The van der Waals surface area contributed by atoms with E-state index in [1.807, 2.05) is 0 Å². The molecule has 4 heterocycles. The van der Waals surface area contributed by atoms with Crippen LogP contribution < -0.4 is 10.6 Å². The first-order chi connectivity index (χ1) is 15.7. The largest absolute Gasteiger partial charge is 0.384 e. The molecule has 188 valence electrons. The molecule has 12 nitrogen and oxygen atoms in total. The minimum absolute atomic E-state index is 0.108. The van der Waals surface area contributed by atoms with Gasteiger partial charge in [-0.1, -0.05) is 30.3 Å². The Morgan fingerprint density at radius 1 is 1.12 bits per heavy atom. The molecule has 1 aromatic rings. The Balaban J connectivity index is 1.58. The average Bonchev–Trinajstić information content (AvgIpc) is 3.03. The maximum atomic E-state index is 13.1. The van der Waals surface area contributed by atoms with E-state index in [4.69, 9.17) is 18.4 Å². The third kappa shape index (κ3) is 4.33. The van der Waals surface area contributed by atoms with Crippen molar-refractivity contribution in [3.05, 3.63) is 35.9 Å². The van der Waals surface area contributed by atoms with Crippen molar-refractivity contribution in [2.24, 2.45) is 0 Å². The highest BCUT2D eigenvalue weighted by Crippen LogP contribution is 2.40. The van der Waals surface area contributed by atoms with Gasteiger partial charge >= 0.3 is 0 Å². The van der Waals surface area contributed by atoms with Gasteiger partial charge in [-0.2, -0.15) is 8.42 Å². The number of hydrogen-bond acceptors (Lipinski definition) is 10. The Labute approximate surface area is 196 Å². The van der Waals surface area contributed by atoms with E-state index < -0.39 is 62.7 Å². The van der Waals surface area contributed by atoms with Crippen molar-refractivity contribution in [1.82, 2.24) is 10.6 Å². The molecule has 0 saturated carbocycles. The summed E-state index contributed by atoms with van der Waals surface area (Å²) >= 11 is 0. The van der Waals surface area contributed by atoms with Crippen LogP contribution in [0, 0.1) is 0 Å². The molecular formula is C21H28N2O10S. The van der Waals surface area contributed by atoms with Gasteiger partial charge in [-0.25, -0.2) is 0 Å². The van der Waals surface area contributed by atoms with Crippen molar-refractivity contribution >= 4 is 21.9 Å². The van der Waals surface area contributed by atoms with Crippen molar-refractivity contribution in [1.29, 1.82) is 0 Å². The van der Waals surface area contributed by atoms with E-state index in [0.717, 1.165) is 0 Å². The van der Waals surface area contributed by atoms with Gasteiger partial charge in [0.05, 0.1) is 13.2 Å². The molecule has 5 atom stereocenters. The molecule has 2 amide bonds. The number of nitrogens with one attached hydrogen (secondary N) is 2. The highest BCUT2D eigenvalue weighted by atomic mass is 32.2. The number of aliphatic hydroxyl groups is 2. The van der Waals surface area contributed by atoms with Gasteiger partial charge in [-0.15, -0.1) is 0 Å². The third-order valence-electron chi connectivity index (χ3n) is 6.06. The van der Waals surface area contributed by atoms with Crippen LogP contribution in [0.2, 0.25) is 0 Å². The lowest BCUT2D eigenvalue weighted by Crippen LogP contribution is -2.84. The summed E-state index contributed by atoms with van der Waals surface area (Å²) in [7, 11) is -4.27. The number of rotatable bonds is 6. The summed E-state index contributed by atoms with van der Waals surface area (Å²) in [5, 5.41) is 26.5. The lowest BCUT2D eigenvalue weighted by atomic mass is 9.85. The smallest absolute Gasteiger partial charge is 0.279 e. The van der Waals surface area contributed by atoms with Gasteiger partial charge in [0, 0.05) is 6.42 Å². The number of hydrogen-bond donors (Lipinski definition) is 4. The zero-order valence-corrected chi connectivity index (χ0v) is 19.8. The van der Waals surface area contributed by atoms with E-state index >= 15 is 0 Å². The number of carbonyl (C=O) groups is 2. The van der Waals surface area contributed by atoms with Crippen LogP contribution in [-0.4, -0.2) is 78.7 Å². The van der Waals surface area contributed by atoms with E-state index in [1.54, 1.807) is 44.2 Å². The lowest BCUT2D eigenvalue weighted by molar-refractivity contribution is -0.250. The Morgan fingerprint density at radius 2 is 1.79 bits per heavy atom. The van der Waals surface area contributed by atoms with Crippen molar-refractivity contribution in [2.45, 2.75) is 68.0 Å². The Bertz CT molecular complexity index is 1080. The van der Waals surface area contributed by atoms with Gasteiger partial charge in [0.25, 0.3) is 27.7 Å². The Morgan fingerprint density at radius 3 is 2.41 bits per heavy atom. The minimum atomic E-state index is -4.27. The summed E-state index contributed by atoms with van der Waals surface area (Å²) in [4.78, 5) is 26.1. The second kappa shape index (κ2) is 8.22. The molecule has 0 spiro atoms. The van der Waals surface area contributed by atoms with Crippen molar-refractivity contribution in [3.8, 4) is 0 Å². The number of aliphatic hydroxyl groups excluding tert-OH is 1. The molecule has 2 bridgehead atoms. The molecule has 0 radical (unpaired) electrons. The minimum Gasteiger partial charge on any atom is -0.384 e. The van der Waals surface area contributed by atoms with Crippen LogP contribution in [0.4, 0.5) is 0 Å². The topological polar surface area (TPSA) is 170 Å². The predicted octanol–water partition coefficient (Wildman–Crippen LogP) is -1.14. The summed E-state index contributed by atoms with van der Waals surface area (Å²) in [6.07, 6.45) is -3.71. The van der Waals surface area contributed by atoms with Crippen LogP contribution in [0.5, 0.6) is 0 Å². The molecule has 4 aliphatic heterocycles. The van der Waals surface area contributed by atoms with Crippen LogP contribution in [-0.2, 0) is 43.9 Å². The van der Waals surface area contributed by atoms with Gasteiger partial charge in [-0.05, 0) is 26.3 Å². The summed E-state index contributed by atoms with van der Waals surface area (Å²) in [6.45, 7) is 4.29. The lowest BCUT2D eigenvalue weighted by Gasteiger charge is -2.51. The highest BCUT2D eigenvalue weighted by molar-refractivity contribution is 7.85. The van der Waals surface area contributed by atoms with E-state index in [9.17, 15) is 28.2 Å². The van der Waals surface area contributed by atoms with Crippen LogP contribution in [0.25, 0.3) is 0 Å². The van der Waals surface area contributed by atoms with Crippen LogP contribution in [0.1, 0.15) is 32.8 Å². The van der Waals surface area contributed by atoms with Crippen LogP contribution >= 0.6 is 0 Å². The van der Waals surface area contributed by atoms with Crippen LogP contribution in [0.3, 0.4) is 0 Å². The normalized spacial score (nSPS) is 36.3. The molecule has 13 heteroatoms. The van der Waals surface area contributed by atoms with Gasteiger partial charge < -0.3 is 35.1 Å². The molecule has 4 N–H and O–H groups in total. The number of carbonyl (C=O) groups excluding carboxylic acids is 2. The van der Waals surface area contributed by atoms with Crippen molar-refractivity contribution in [2.75, 3.05) is 13.2 Å². The molecule has 5 rings (SSSR count). The first-order valence-corrected chi connectivity index (χ1v) is 12.3. The monoisotopic (exact) mass is 500 g/mol. The molecule has 4 aliphatic rings. The number of ether oxygens (including phenoxy) is 3. The second-order valence-electron chi connectivity index (χ2n) is 9.33. The summed E-state index contributed by atoms with van der Waals surface area (Å²) in [5.41, 5.74) is -6.04. The number of fused-ring (bicyclic) bond motifs is 5. The first-order valence-electron chi connectivity index (χ1n) is 10.7. The van der Waals surface area contributed by atoms with E-state index in [-0.39, 0.29) is 19.6 Å². The van der Waals surface area contributed by atoms with Crippen molar-refractivity contribution in [3.63, 3.8) is 0 Å². The molecule has 34 heavy (non-hydrogen) atoms. The predicted molar refractivity (Wildman–Crippen MR) is 114 cm³/mol. The molecule has 4 saturated heterocycles. The number of amides is 2. The zero-order valence-electron chi connectivity index (χ0n) is 18.9. The average molecular weight is 501 g/mol. The fourth-order valence-corrected chi connectivity index (χ4v) is 5.65. The Kier molecular flexibility index (Phi) is 6.04. The van der Waals surface area contributed by atoms with E-state index in [1.165, 1.54) is 6.92 Å². The van der Waals surface area contributed by atoms with E-state index in [0.29, 0.717) is 5.56 Å². The van der Waals surface area contributed by atoms with Gasteiger partial charge in [0.15, 0.2) is 5.79 Å². The highest BCUT2D eigenvalue weighted by Gasteiger charge is 2.67. The molecule has 1 aromatic carbocycles. The van der Waals surface area contributed by atoms with Crippen molar-refractivity contribution < 1.29 is 46.6 Å². The summed E-state index contributed by atoms with van der Waals surface area (Å²) in [6, 6.07) is 8.19. The number of piperazine rings is 1. The quantitative estimate of drug-likeness (QED) is 0.350. The van der Waals surface area contributed by atoms with Crippen LogP contribution in [0.15, 0.2) is 30.3 Å². The zero-order chi connectivity index (χ0) is 25.0. The maximum absolute atomic E-state index is 13.1. The summed E-state index contributed by atoms with van der Waals surface area (Å²) < 4.78 is 47.3. The fourth-order valence-electron chi connectivity index (χ4n) is 4.39.